The molecule has 22 heavy (non-hydrogen) atoms. The van der Waals surface area contributed by atoms with Crippen LogP contribution in [-0.4, -0.2) is 11.7 Å². The van der Waals surface area contributed by atoms with Gasteiger partial charge in [-0.2, -0.15) is 5.26 Å². The zero-order chi connectivity index (χ0) is 16.1. The lowest BCUT2D eigenvalue weighted by atomic mass is 10.0. The molecule has 0 aliphatic carbocycles. The predicted octanol–water partition coefficient (Wildman–Crippen LogP) is 3.19. The molecular formula is C18H16N2O2. The molecule has 0 spiro atoms. The van der Waals surface area contributed by atoms with Gasteiger partial charge in [-0.15, -0.1) is 0 Å². The van der Waals surface area contributed by atoms with Gasteiger partial charge in [0.25, 0.3) is 5.91 Å². The van der Waals surface area contributed by atoms with Crippen molar-refractivity contribution >= 4 is 11.7 Å². The Hall–Kier alpha value is -2.93. The third kappa shape index (κ3) is 3.39. The maximum absolute atomic E-state index is 12.2. The fraction of sp³-hybridized carbons (Fsp3) is 0.167. The largest absolute Gasteiger partial charge is 0.332 e. The van der Waals surface area contributed by atoms with E-state index in [2.05, 4.69) is 11.4 Å². The van der Waals surface area contributed by atoms with E-state index in [9.17, 15) is 14.9 Å². The minimum Gasteiger partial charge on any atom is -0.332 e. The van der Waals surface area contributed by atoms with Crippen molar-refractivity contribution in [1.29, 1.82) is 5.26 Å². The molecule has 2 aromatic carbocycles. The molecule has 2 aromatic rings. The molecule has 0 bridgehead atoms. The molecule has 110 valence electrons. The van der Waals surface area contributed by atoms with Crippen LogP contribution < -0.4 is 5.32 Å². The molecule has 0 unspecified atom stereocenters. The number of benzene rings is 2. The lowest BCUT2D eigenvalue weighted by molar-refractivity contribution is 0.0943. The van der Waals surface area contributed by atoms with E-state index in [0.29, 0.717) is 11.1 Å². The molecule has 0 fully saturated rings. The van der Waals surface area contributed by atoms with Crippen molar-refractivity contribution in [3.8, 4) is 6.07 Å². The first-order valence-electron chi connectivity index (χ1n) is 6.90. The first-order valence-corrected chi connectivity index (χ1v) is 6.90. The van der Waals surface area contributed by atoms with Gasteiger partial charge < -0.3 is 5.32 Å². The van der Waals surface area contributed by atoms with Gasteiger partial charge >= 0.3 is 0 Å². The average Bonchev–Trinajstić information content (AvgIpc) is 2.53. The van der Waals surface area contributed by atoms with Gasteiger partial charge in [-0.25, -0.2) is 0 Å². The smallest absolute Gasteiger partial charge is 0.252 e. The Bertz CT molecular complexity index is 742. The van der Waals surface area contributed by atoms with Crippen molar-refractivity contribution in [3.05, 3.63) is 70.8 Å². The second kappa shape index (κ2) is 6.68. The van der Waals surface area contributed by atoms with Crippen molar-refractivity contribution in [2.24, 2.45) is 0 Å². The maximum Gasteiger partial charge on any atom is 0.252 e. The first kappa shape index (κ1) is 15.5. The van der Waals surface area contributed by atoms with Crippen molar-refractivity contribution in [2.45, 2.75) is 19.9 Å². The summed E-state index contributed by atoms with van der Waals surface area (Å²) in [5.74, 6) is -0.397. The van der Waals surface area contributed by atoms with Crippen LogP contribution in [-0.2, 0) is 0 Å². The van der Waals surface area contributed by atoms with Crippen LogP contribution in [0.25, 0.3) is 0 Å². The number of rotatable bonds is 4. The number of Topliss-reactive ketones (excluding diaryl/α,β-unsaturated/α-hetero) is 1. The molecule has 0 aliphatic rings. The van der Waals surface area contributed by atoms with Gasteiger partial charge in [0.1, 0.15) is 6.04 Å². The zero-order valence-corrected chi connectivity index (χ0v) is 12.5. The maximum atomic E-state index is 12.2. The van der Waals surface area contributed by atoms with Gasteiger partial charge in [-0.1, -0.05) is 36.4 Å². The molecule has 4 heteroatoms. The number of carbonyl (C=O) groups is 2. The van der Waals surface area contributed by atoms with Crippen molar-refractivity contribution in [3.63, 3.8) is 0 Å². The summed E-state index contributed by atoms with van der Waals surface area (Å²) in [6.07, 6.45) is 0. The van der Waals surface area contributed by atoms with E-state index in [4.69, 9.17) is 0 Å². The predicted molar refractivity (Wildman–Crippen MR) is 83.4 cm³/mol. The van der Waals surface area contributed by atoms with Crippen molar-refractivity contribution in [2.75, 3.05) is 0 Å². The van der Waals surface area contributed by atoms with E-state index in [-0.39, 0.29) is 11.7 Å². The number of nitrogens with one attached hydrogen (secondary N) is 1. The number of nitriles is 1. The Morgan fingerprint density at radius 1 is 1.05 bits per heavy atom. The third-order valence-electron chi connectivity index (χ3n) is 3.46. The highest BCUT2D eigenvalue weighted by atomic mass is 16.1. The van der Waals surface area contributed by atoms with Crippen LogP contribution in [0.2, 0.25) is 0 Å². The molecule has 4 nitrogen and oxygen atoms in total. The first-order chi connectivity index (χ1) is 10.5. The number of carbonyl (C=O) groups excluding carboxylic acids is 2. The van der Waals surface area contributed by atoms with Crippen LogP contribution >= 0.6 is 0 Å². The SMILES string of the molecule is CC(=O)c1ccc(C(=O)N[C@@H](C#N)c2ccccc2C)cc1. The quantitative estimate of drug-likeness (QED) is 0.880. The third-order valence-corrected chi connectivity index (χ3v) is 3.46. The summed E-state index contributed by atoms with van der Waals surface area (Å²) < 4.78 is 0. The summed E-state index contributed by atoms with van der Waals surface area (Å²) in [6.45, 7) is 3.37. The molecule has 0 saturated heterocycles. The van der Waals surface area contributed by atoms with Crippen LogP contribution in [0.15, 0.2) is 48.5 Å². The van der Waals surface area contributed by atoms with Gasteiger partial charge in [0.2, 0.25) is 0 Å². The standard InChI is InChI=1S/C18H16N2O2/c1-12-5-3-4-6-16(12)17(11-19)20-18(22)15-9-7-14(8-10-15)13(2)21/h3-10,17H,1-2H3,(H,20,22)/t17-/m0/s1. The zero-order valence-electron chi connectivity index (χ0n) is 12.5. The molecule has 0 aromatic heterocycles. The van der Waals surface area contributed by atoms with Gasteiger partial charge in [-0.3, -0.25) is 9.59 Å². The fourth-order valence-corrected chi connectivity index (χ4v) is 2.16. The number of aryl methyl sites for hydroxylation is 1. The summed E-state index contributed by atoms with van der Waals surface area (Å²) in [6, 6.07) is 15.2. The molecule has 2 rings (SSSR count). The Morgan fingerprint density at radius 2 is 1.64 bits per heavy atom. The van der Waals surface area contributed by atoms with E-state index in [1.54, 1.807) is 24.3 Å². The Labute approximate surface area is 129 Å². The van der Waals surface area contributed by atoms with E-state index in [1.807, 2.05) is 31.2 Å². The highest BCUT2D eigenvalue weighted by Gasteiger charge is 2.16. The Kier molecular flexibility index (Phi) is 4.70. The van der Waals surface area contributed by atoms with Gasteiger partial charge in [-0.05, 0) is 37.1 Å². The van der Waals surface area contributed by atoms with Crippen LogP contribution in [0.4, 0.5) is 0 Å². The molecule has 1 atom stereocenters. The number of hydrogen-bond acceptors (Lipinski definition) is 3. The lowest BCUT2D eigenvalue weighted by Crippen LogP contribution is -2.28. The Morgan fingerprint density at radius 3 is 2.18 bits per heavy atom. The molecular weight excluding hydrogens is 276 g/mol. The summed E-state index contributed by atoms with van der Waals surface area (Å²) in [7, 11) is 0. The summed E-state index contributed by atoms with van der Waals surface area (Å²) in [4.78, 5) is 23.5. The fourth-order valence-electron chi connectivity index (χ4n) is 2.16. The summed E-state index contributed by atoms with van der Waals surface area (Å²) in [5, 5.41) is 12.0. The number of hydrogen-bond donors (Lipinski definition) is 1. The Balaban J connectivity index is 2.18. The van der Waals surface area contributed by atoms with E-state index in [0.717, 1.165) is 11.1 Å². The number of amides is 1. The van der Waals surface area contributed by atoms with Crippen LogP contribution in [0.3, 0.4) is 0 Å². The molecule has 0 saturated carbocycles. The molecule has 1 amide bonds. The van der Waals surface area contributed by atoms with Crippen LogP contribution in [0.1, 0.15) is 44.8 Å². The monoisotopic (exact) mass is 292 g/mol. The van der Waals surface area contributed by atoms with E-state index < -0.39 is 6.04 Å². The summed E-state index contributed by atoms with van der Waals surface area (Å²) in [5.41, 5.74) is 2.69. The highest BCUT2D eigenvalue weighted by Crippen LogP contribution is 2.17. The second-order valence-corrected chi connectivity index (χ2v) is 5.03. The van der Waals surface area contributed by atoms with Gasteiger partial charge in [0, 0.05) is 11.1 Å². The lowest BCUT2D eigenvalue weighted by Gasteiger charge is -2.14. The topological polar surface area (TPSA) is 70.0 Å². The van der Waals surface area contributed by atoms with Crippen LogP contribution in [0, 0.1) is 18.3 Å². The summed E-state index contributed by atoms with van der Waals surface area (Å²) >= 11 is 0. The average molecular weight is 292 g/mol. The molecule has 0 aliphatic heterocycles. The molecule has 1 N–H and O–H groups in total. The number of nitrogens with zero attached hydrogens (tertiary/aromatic N) is 1. The van der Waals surface area contributed by atoms with Crippen molar-refractivity contribution in [1.82, 2.24) is 5.32 Å². The molecule has 0 heterocycles. The van der Waals surface area contributed by atoms with Crippen LogP contribution in [0.5, 0.6) is 0 Å². The van der Waals surface area contributed by atoms with Gasteiger partial charge in [0.15, 0.2) is 5.78 Å². The highest BCUT2D eigenvalue weighted by molar-refractivity contribution is 5.98. The van der Waals surface area contributed by atoms with Gasteiger partial charge in [0.05, 0.1) is 6.07 Å². The van der Waals surface area contributed by atoms with Crippen molar-refractivity contribution < 1.29 is 9.59 Å². The van der Waals surface area contributed by atoms with E-state index in [1.165, 1.54) is 6.92 Å². The van der Waals surface area contributed by atoms with E-state index >= 15 is 0 Å². The molecule has 0 radical (unpaired) electrons. The minimum atomic E-state index is -0.707. The second-order valence-electron chi connectivity index (χ2n) is 5.03. The minimum absolute atomic E-state index is 0.0539. The normalized spacial score (nSPS) is 11.3. The number of ketones is 1.